The summed E-state index contributed by atoms with van der Waals surface area (Å²) >= 11 is 0. The first-order valence-corrected chi connectivity index (χ1v) is 8.15. The van der Waals surface area contributed by atoms with E-state index in [0.717, 1.165) is 12.8 Å². The molecule has 6 nitrogen and oxygen atoms in total. The molecule has 126 valence electrons. The summed E-state index contributed by atoms with van der Waals surface area (Å²) in [4.78, 5) is 22.4. The van der Waals surface area contributed by atoms with Crippen LogP contribution in [0.15, 0.2) is 48.9 Å². The summed E-state index contributed by atoms with van der Waals surface area (Å²) in [5, 5.41) is 0. The topological polar surface area (TPSA) is 64.5 Å². The van der Waals surface area contributed by atoms with E-state index in [1.807, 2.05) is 35.2 Å². The van der Waals surface area contributed by atoms with E-state index in [4.69, 9.17) is 9.47 Å². The lowest BCUT2D eigenvalue weighted by atomic mass is 10.1. The maximum atomic E-state index is 12.5. The van der Waals surface area contributed by atoms with Gasteiger partial charge in [-0.15, -0.1) is 0 Å². The Balaban J connectivity index is 1.48. The molecule has 1 aliphatic rings. The van der Waals surface area contributed by atoms with Crippen molar-refractivity contribution in [2.75, 3.05) is 13.1 Å². The fourth-order valence-corrected chi connectivity index (χ4v) is 2.72. The average Bonchev–Trinajstić information content (AvgIpc) is 2.63. The molecule has 1 amide bonds. The maximum absolute atomic E-state index is 12.5. The zero-order valence-electron chi connectivity index (χ0n) is 13.7. The second-order valence-electron chi connectivity index (χ2n) is 5.76. The molecule has 0 saturated carbocycles. The summed E-state index contributed by atoms with van der Waals surface area (Å²) in [6.07, 6.45) is 5.95. The van der Waals surface area contributed by atoms with Gasteiger partial charge in [0.15, 0.2) is 6.10 Å². The Bertz CT molecular complexity index is 643. The summed E-state index contributed by atoms with van der Waals surface area (Å²) in [6, 6.07) is 9.40. The highest BCUT2D eigenvalue weighted by Gasteiger charge is 2.28. The number of likely N-dealkylation sites (tertiary alicyclic amines) is 1. The second kappa shape index (κ2) is 7.77. The Hall–Kier alpha value is -2.63. The molecule has 6 heteroatoms. The van der Waals surface area contributed by atoms with Gasteiger partial charge in [-0.1, -0.05) is 18.2 Å². The van der Waals surface area contributed by atoms with Gasteiger partial charge in [-0.3, -0.25) is 9.78 Å². The van der Waals surface area contributed by atoms with Crippen molar-refractivity contribution in [1.29, 1.82) is 0 Å². The van der Waals surface area contributed by atoms with E-state index in [2.05, 4.69) is 9.97 Å². The number of piperidine rings is 1. The fourth-order valence-electron chi connectivity index (χ4n) is 2.72. The minimum Gasteiger partial charge on any atom is -0.481 e. The van der Waals surface area contributed by atoms with Crippen LogP contribution in [0.3, 0.4) is 0 Å². The van der Waals surface area contributed by atoms with Crippen LogP contribution in [0, 0.1) is 0 Å². The van der Waals surface area contributed by atoms with Crippen LogP contribution in [-0.2, 0) is 4.79 Å². The third-order valence-electron chi connectivity index (χ3n) is 3.98. The molecule has 0 unspecified atom stereocenters. The predicted octanol–water partition coefficient (Wildman–Crippen LogP) is 2.31. The van der Waals surface area contributed by atoms with E-state index in [-0.39, 0.29) is 12.0 Å². The van der Waals surface area contributed by atoms with Crippen LogP contribution in [0.2, 0.25) is 0 Å². The van der Waals surface area contributed by atoms with Crippen LogP contribution in [0.1, 0.15) is 19.8 Å². The molecule has 0 aliphatic carbocycles. The zero-order valence-corrected chi connectivity index (χ0v) is 13.7. The van der Waals surface area contributed by atoms with Gasteiger partial charge in [0, 0.05) is 38.3 Å². The SMILES string of the molecule is C[C@H](Oc1ccccc1)C(=O)N1CCC(Oc2cnccn2)CC1. The highest BCUT2D eigenvalue weighted by molar-refractivity contribution is 5.81. The van der Waals surface area contributed by atoms with Gasteiger partial charge in [0.2, 0.25) is 5.88 Å². The van der Waals surface area contributed by atoms with E-state index >= 15 is 0 Å². The first-order valence-electron chi connectivity index (χ1n) is 8.15. The van der Waals surface area contributed by atoms with Crippen molar-refractivity contribution in [2.24, 2.45) is 0 Å². The molecule has 1 fully saturated rings. The molecule has 2 heterocycles. The van der Waals surface area contributed by atoms with Crippen molar-refractivity contribution in [3.05, 3.63) is 48.9 Å². The lowest BCUT2D eigenvalue weighted by molar-refractivity contribution is -0.139. The van der Waals surface area contributed by atoms with E-state index < -0.39 is 6.10 Å². The Morgan fingerprint density at radius 1 is 1.21 bits per heavy atom. The highest BCUT2D eigenvalue weighted by atomic mass is 16.5. The van der Waals surface area contributed by atoms with Crippen molar-refractivity contribution in [3.63, 3.8) is 0 Å². The molecule has 0 radical (unpaired) electrons. The molecule has 1 saturated heterocycles. The molecular weight excluding hydrogens is 306 g/mol. The number of aromatic nitrogens is 2. The van der Waals surface area contributed by atoms with Crippen LogP contribution >= 0.6 is 0 Å². The Kier molecular flexibility index (Phi) is 5.25. The van der Waals surface area contributed by atoms with Crippen LogP contribution < -0.4 is 9.47 Å². The molecule has 1 aromatic heterocycles. The summed E-state index contributed by atoms with van der Waals surface area (Å²) in [6.45, 7) is 3.11. The van der Waals surface area contributed by atoms with Crippen molar-refractivity contribution in [2.45, 2.75) is 32.0 Å². The largest absolute Gasteiger partial charge is 0.481 e. The molecule has 0 N–H and O–H groups in total. The van der Waals surface area contributed by atoms with Gasteiger partial charge in [-0.2, -0.15) is 0 Å². The molecule has 3 rings (SSSR count). The molecule has 2 aromatic rings. The summed E-state index contributed by atoms with van der Waals surface area (Å²) in [7, 11) is 0. The number of carbonyl (C=O) groups is 1. The summed E-state index contributed by atoms with van der Waals surface area (Å²) in [5.74, 6) is 1.25. The van der Waals surface area contributed by atoms with Gasteiger partial charge in [-0.05, 0) is 19.1 Å². The maximum Gasteiger partial charge on any atom is 0.263 e. The quantitative estimate of drug-likeness (QED) is 0.843. The number of carbonyl (C=O) groups excluding carboxylic acids is 1. The number of nitrogens with zero attached hydrogens (tertiary/aromatic N) is 3. The van der Waals surface area contributed by atoms with Crippen molar-refractivity contribution in [3.8, 4) is 11.6 Å². The van der Waals surface area contributed by atoms with Gasteiger partial charge in [-0.25, -0.2) is 4.98 Å². The van der Waals surface area contributed by atoms with E-state index in [9.17, 15) is 4.79 Å². The molecule has 0 bridgehead atoms. The second-order valence-corrected chi connectivity index (χ2v) is 5.76. The third-order valence-corrected chi connectivity index (χ3v) is 3.98. The lowest BCUT2D eigenvalue weighted by Gasteiger charge is -2.33. The van der Waals surface area contributed by atoms with Gasteiger partial charge < -0.3 is 14.4 Å². The summed E-state index contributed by atoms with van der Waals surface area (Å²) in [5.41, 5.74) is 0. The number of benzene rings is 1. The number of ether oxygens (including phenoxy) is 2. The number of para-hydroxylation sites is 1. The average molecular weight is 327 g/mol. The number of hydrogen-bond donors (Lipinski definition) is 0. The first-order chi connectivity index (χ1) is 11.7. The third kappa shape index (κ3) is 4.22. The van der Waals surface area contributed by atoms with E-state index in [1.165, 1.54) is 0 Å². The van der Waals surface area contributed by atoms with Gasteiger partial charge in [0.05, 0.1) is 6.20 Å². The van der Waals surface area contributed by atoms with Crippen LogP contribution in [-0.4, -0.2) is 46.1 Å². The molecule has 1 atom stereocenters. The standard InChI is InChI=1S/C18H21N3O3/c1-14(23-15-5-3-2-4-6-15)18(22)21-11-7-16(8-12-21)24-17-13-19-9-10-20-17/h2-6,9-10,13-14,16H,7-8,11-12H2,1H3/t14-/m0/s1. The minimum absolute atomic E-state index is 0.0109. The minimum atomic E-state index is -0.496. The highest BCUT2D eigenvalue weighted by Crippen LogP contribution is 2.18. The monoisotopic (exact) mass is 327 g/mol. The van der Waals surface area contributed by atoms with Crippen LogP contribution in [0.25, 0.3) is 0 Å². The Labute approximate surface area is 141 Å². The molecule has 1 aromatic carbocycles. The number of amides is 1. The Morgan fingerprint density at radius 2 is 1.96 bits per heavy atom. The first kappa shape index (κ1) is 16.2. The van der Waals surface area contributed by atoms with Crippen LogP contribution in [0.5, 0.6) is 11.6 Å². The van der Waals surface area contributed by atoms with Crippen molar-refractivity contribution < 1.29 is 14.3 Å². The van der Waals surface area contributed by atoms with Crippen molar-refractivity contribution in [1.82, 2.24) is 14.9 Å². The summed E-state index contributed by atoms with van der Waals surface area (Å²) < 4.78 is 11.5. The smallest absolute Gasteiger partial charge is 0.263 e. The van der Waals surface area contributed by atoms with Crippen molar-refractivity contribution >= 4 is 5.91 Å². The van der Waals surface area contributed by atoms with E-state index in [1.54, 1.807) is 25.5 Å². The van der Waals surface area contributed by atoms with Gasteiger partial charge in [0.1, 0.15) is 11.9 Å². The lowest BCUT2D eigenvalue weighted by Crippen LogP contribution is -2.46. The molecule has 24 heavy (non-hydrogen) atoms. The van der Waals surface area contributed by atoms with Gasteiger partial charge >= 0.3 is 0 Å². The number of rotatable bonds is 5. The molecule has 1 aliphatic heterocycles. The van der Waals surface area contributed by atoms with E-state index in [0.29, 0.717) is 24.7 Å². The fraction of sp³-hybridized carbons (Fsp3) is 0.389. The molecular formula is C18H21N3O3. The normalized spacial score (nSPS) is 16.5. The number of hydrogen-bond acceptors (Lipinski definition) is 5. The Morgan fingerprint density at radius 3 is 2.62 bits per heavy atom. The zero-order chi connectivity index (χ0) is 16.8. The predicted molar refractivity (Wildman–Crippen MR) is 88.8 cm³/mol. The van der Waals surface area contributed by atoms with Gasteiger partial charge in [0.25, 0.3) is 5.91 Å². The van der Waals surface area contributed by atoms with Crippen LogP contribution in [0.4, 0.5) is 0 Å². The molecule has 0 spiro atoms.